The minimum atomic E-state index is -0.362. The van der Waals surface area contributed by atoms with E-state index >= 15 is 0 Å². The Morgan fingerprint density at radius 1 is 1.14 bits per heavy atom. The highest BCUT2D eigenvalue weighted by Gasteiger charge is 2.31. The summed E-state index contributed by atoms with van der Waals surface area (Å²) in [4.78, 5) is 15.3. The average Bonchev–Trinajstić information content (AvgIpc) is 3.19. The fourth-order valence-electron chi connectivity index (χ4n) is 3.83. The first kappa shape index (κ1) is 21.2. The van der Waals surface area contributed by atoms with Gasteiger partial charge in [-0.2, -0.15) is 0 Å². The molecule has 1 unspecified atom stereocenters. The predicted molar refractivity (Wildman–Crippen MR) is 112 cm³/mol. The topological polar surface area (TPSA) is 93.2 Å². The number of unbranched alkanes of at least 4 members (excludes halogenated alkanes) is 1. The molecule has 1 aliphatic rings. The largest absolute Gasteiger partial charge is 0.369 e. The molecule has 29 heavy (non-hydrogen) atoms. The molecule has 1 fully saturated rings. The van der Waals surface area contributed by atoms with Crippen LogP contribution in [0, 0.1) is 10.1 Å². The normalized spacial score (nSPS) is 16.8. The lowest BCUT2D eigenvalue weighted by Gasteiger charge is -2.40. The van der Waals surface area contributed by atoms with E-state index in [-0.39, 0.29) is 22.2 Å². The molecule has 1 aliphatic heterocycles. The third-order valence-corrected chi connectivity index (χ3v) is 5.44. The van der Waals surface area contributed by atoms with Crippen LogP contribution < -0.4 is 4.90 Å². The molecule has 0 bridgehead atoms. The number of nitrogens with zero attached hydrogens (tertiary/aromatic N) is 7. The van der Waals surface area contributed by atoms with Gasteiger partial charge in [-0.15, -0.1) is 5.10 Å². The molecule has 158 valence electrons. The first-order chi connectivity index (χ1) is 13.8. The summed E-state index contributed by atoms with van der Waals surface area (Å²) in [5.41, 5.74) is 0.991. The lowest BCUT2D eigenvalue weighted by atomic mass is 10.0. The molecule has 1 atom stereocenters. The summed E-state index contributed by atoms with van der Waals surface area (Å²) in [6.45, 7) is 12.1. The Bertz CT molecular complexity index is 805. The Morgan fingerprint density at radius 2 is 1.79 bits per heavy atom. The second-order valence-corrected chi connectivity index (χ2v) is 8.57. The van der Waals surface area contributed by atoms with Crippen molar-refractivity contribution < 1.29 is 4.92 Å². The number of benzene rings is 1. The monoisotopic (exact) mass is 401 g/mol. The standard InChI is InChI=1S/C20H31N7O2/c1-5-6-7-18(19-21-22-23-26(19)20(2,3)4)25-14-12-24(13-15-25)16-8-10-17(11-9-16)27(28)29/h8-11,18H,5-7,12-15H2,1-4H3. The second-order valence-electron chi connectivity index (χ2n) is 8.57. The molecule has 0 radical (unpaired) electrons. The van der Waals surface area contributed by atoms with Gasteiger partial charge in [0.05, 0.1) is 16.5 Å². The third kappa shape index (κ3) is 4.90. The zero-order valence-electron chi connectivity index (χ0n) is 17.8. The van der Waals surface area contributed by atoms with Gasteiger partial charge in [0.1, 0.15) is 0 Å². The maximum atomic E-state index is 10.9. The number of nitro benzene ring substituents is 1. The van der Waals surface area contributed by atoms with Crippen molar-refractivity contribution >= 4 is 11.4 Å². The van der Waals surface area contributed by atoms with Gasteiger partial charge in [0.25, 0.3) is 5.69 Å². The number of rotatable bonds is 7. The van der Waals surface area contributed by atoms with Crippen LogP contribution in [0.2, 0.25) is 0 Å². The lowest BCUT2D eigenvalue weighted by molar-refractivity contribution is -0.384. The van der Waals surface area contributed by atoms with Crippen molar-refractivity contribution in [3.8, 4) is 0 Å². The number of anilines is 1. The van der Waals surface area contributed by atoms with Crippen molar-refractivity contribution in [3.63, 3.8) is 0 Å². The van der Waals surface area contributed by atoms with Gasteiger partial charge in [-0.3, -0.25) is 15.0 Å². The van der Waals surface area contributed by atoms with Gasteiger partial charge in [0.15, 0.2) is 5.82 Å². The van der Waals surface area contributed by atoms with E-state index in [1.54, 1.807) is 12.1 Å². The molecule has 0 amide bonds. The summed E-state index contributed by atoms with van der Waals surface area (Å²) in [5, 5.41) is 23.5. The minimum Gasteiger partial charge on any atom is -0.369 e. The summed E-state index contributed by atoms with van der Waals surface area (Å²) in [5.74, 6) is 0.940. The number of hydrogen-bond donors (Lipinski definition) is 0. The van der Waals surface area contributed by atoms with E-state index in [0.717, 1.165) is 57.0 Å². The molecular formula is C20H31N7O2. The van der Waals surface area contributed by atoms with Crippen LogP contribution in [-0.4, -0.2) is 56.2 Å². The Kier molecular flexibility index (Phi) is 6.46. The van der Waals surface area contributed by atoms with E-state index in [1.165, 1.54) is 0 Å². The maximum absolute atomic E-state index is 10.9. The van der Waals surface area contributed by atoms with Gasteiger partial charge < -0.3 is 4.90 Å². The molecule has 9 heteroatoms. The number of non-ortho nitro benzene ring substituents is 1. The fourth-order valence-corrected chi connectivity index (χ4v) is 3.83. The van der Waals surface area contributed by atoms with Crippen molar-refractivity contribution in [2.24, 2.45) is 0 Å². The number of nitro groups is 1. The van der Waals surface area contributed by atoms with Gasteiger partial charge in [-0.1, -0.05) is 19.8 Å². The molecule has 0 N–H and O–H groups in total. The Balaban J connectivity index is 1.72. The fraction of sp³-hybridized carbons (Fsp3) is 0.650. The van der Waals surface area contributed by atoms with Crippen molar-refractivity contribution in [2.45, 2.75) is 58.5 Å². The average molecular weight is 402 g/mol. The highest BCUT2D eigenvalue weighted by Crippen LogP contribution is 2.29. The molecule has 0 saturated carbocycles. The maximum Gasteiger partial charge on any atom is 0.269 e. The quantitative estimate of drug-likeness (QED) is 0.518. The number of aromatic nitrogens is 4. The molecule has 9 nitrogen and oxygen atoms in total. The minimum absolute atomic E-state index is 0.126. The zero-order chi connectivity index (χ0) is 21.0. The van der Waals surface area contributed by atoms with Crippen molar-refractivity contribution in [1.29, 1.82) is 0 Å². The first-order valence-electron chi connectivity index (χ1n) is 10.3. The van der Waals surface area contributed by atoms with E-state index in [4.69, 9.17) is 0 Å². The Morgan fingerprint density at radius 3 is 2.34 bits per heavy atom. The SMILES string of the molecule is CCCCC(c1nnnn1C(C)(C)C)N1CCN(c2ccc([N+](=O)[O-])cc2)CC1. The lowest BCUT2D eigenvalue weighted by Crippen LogP contribution is -2.48. The summed E-state index contributed by atoms with van der Waals surface area (Å²) >= 11 is 0. The third-order valence-electron chi connectivity index (χ3n) is 5.44. The molecule has 3 rings (SSSR count). The summed E-state index contributed by atoms with van der Waals surface area (Å²) in [6.07, 6.45) is 3.30. The number of piperazine rings is 1. The van der Waals surface area contributed by atoms with Crippen LogP contribution in [0.5, 0.6) is 0 Å². The van der Waals surface area contributed by atoms with Crippen LogP contribution in [0.4, 0.5) is 11.4 Å². The van der Waals surface area contributed by atoms with Crippen LogP contribution in [0.25, 0.3) is 0 Å². The van der Waals surface area contributed by atoms with E-state index in [2.05, 4.69) is 53.0 Å². The van der Waals surface area contributed by atoms with Gasteiger partial charge in [0, 0.05) is 44.0 Å². The molecule has 2 heterocycles. The number of hydrogen-bond acceptors (Lipinski definition) is 7. The van der Waals surface area contributed by atoms with Gasteiger partial charge in [-0.25, -0.2) is 4.68 Å². The summed E-state index contributed by atoms with van der Waals surface area (Å²) < 4.78 is 1.95. The Hall–Kier alpha value is -2.55. The highest BCUT2D eigenvalue weighted by atomic mass is 16.6. The summed E-state index contributed by atoms with van der Waals surface area (Å²) in [7, 11) is 0. The van der Waals surface area contributed by atoms with Gasteiger partial charge in [0.2, 0.25) is 0 Å². The molecule has 0 aliphatic carbocycles. The molecule has 1 aromatic heterocycles. The van der Waals surface area contributed by atoms with Crippen LogP contribution in [0.15, 0.2) is 24.3 Å². The van der Waals surface area contributed by atoms with Crippen LogP contribution in [0.3, 0.4) is 0 Å². The highest BCUT2D eigenvalue weighted by molar-refractivity contribution is 5.51. The predicted octanol–water partition coefficient (Wildman–Crippen LogP) is 3.39. The molecule has 1 saturated heterocycles. The molecular weight excluding hydrogens is 370 g/mol. The van der Waals surface area contributed by atoms with Gasteiger partial charge >= 0.3 is 0 Å². The van der Waals surface area contributed by atoms with Gasteiger partial charge in [-0.05, 0) is 49.8 Å². The van der Waals surface area contributed by atoms with E-state index < -0.39 is 0 Å². The smallest absolute Gasteiger partial charge is 0.269 e. The molecule has 0 spiro atoms. The van der Waals surface area contributed by atoms with E-state index in [0.29, 0.717) is 0 Å². The molecule has 1 aromatic carbocycles. The van der Waals surface area contributed by atoms with Crippen LogP contribution in [-0.2, 0) is 5.54 Å². The number of tetrazole rings is 1. The zero-order valence-corrected chi connectivity index (χ0v) is 17.8. The molecule has 2 aromatic rings. The van der Waals surface area contributed by atoms with Crippen LogP contribution in [0.1, 0.15) is 58.8 Å². The van der Waals surface area contributed by atoms with Crippen molar-refractivity contribution in [1.82, 2.24) is 25.1 Å². The Labute approximate surface area is 171 Å². The van der Waals surface area contributed by atoms with E-state index in [1.807, 2.05) is 16.8 Å². The van der Waals surface area contributed by atoms with Crippen molar-refractivity contribution in [3.05, 3.63) is 40.2 Å². The second kappa shape index (κ2) is 8.86. The first-order valence-corrected chi connectivity index (χ1v) is 10.3. The van der Waals surface area contributed by atoms with Crippen LogP contribution >= 0.6 is 0 Å². The van der Waals surface area contributed by atoms with E-state index in [9.17, 15) is 10.1 Å². The van der Waals surface area contributed by atoms with Crippen molar-refractivity contribution in [2.75, 3.05) is 31.1 Å². The summed E-state index contributed by atoms with van der Waals surface area (Å²) in [6, 6.07) is 7.01.